The molecule has 4 aliphatic rings. The van der Waals surface area contributed by atoms with Crippen LogP contribution >= 0.6 is 0 Å². The average Bonchev–Trinajstić information content (AvgIpc) is 2.76. The number of aliphatic hydroxyl groups is 2. The maximum absolute atomic E-state index is 11.9. The molecule has 0 aromatic rings. The Hall–Kier alpha value is -0.610. The first kappa shape index (κ1) is 27.4. The van der Waals surface area contributed by atoms with E-state index in [1.165, 1.54) is 0 Å². The van der Waals surface area contributed by atoms with Crippen LogP contribution in [0, 0.1) is 44.8 Å². The van der Waals surface area contributed by atoms with Crippen molar-refractivity contribution >= 4 is 6.47 Å². The Labute approximate surface area is 215 Å². The van der Waals surface area contributed by atoms with Crippen molar-refractivity contribution in [3.05, 3.63) is 0 Å². The van der Waals surface area contributed by atoms with Gasteiger partial charge in [0, 0.05) is 0 Å². The lowest BCUT2D eigenvalue weighted by molar-refractivity contribution is -0.250. The summed E-state index contributed by atoms with van der Waals surface area (Å²) < 4.78 is 5.79. The lowest BCUT2D eigenvalue weighted by Crippen LogP contribution is -2.66. The first-order valence-electron chi connectivity index (χ1n) is 14.5. The van der Waals surface area contributed by atoms with E-state index in [4.69, 9.17) is 4.74 Å². The molecule has 4 nitrogen and oxygen atoms in total. The van der Waals surface area contributed by atoms with Gasteiger partial charge in [-0.25, -0.2) is 0 Å². The second-order valence-corrected chi connectivity index (χ2v) is 15.6. The summed E-state index contributed by atoms with van der Waals surface area (Å²) in [6, 6.07) is 0. The van der Waals surface area contributed by atoms with Crippen LogP contribution in [0.4, 0.5) is 0 Å². The van der Waals surface area contributed by atoms with Gasteiger partial charge in [-0.1, -0.05) is 48.5 Å². The van der Waals surface area contributed by atoms with Gasteiger partial charge < -0.3 is 14.9 Å². The van der Waals surface area contributed by atoms with Gasteiger partial charge in [-0.2, -0.15) is 0 Å². The van der Waals surface area contributed by atoms with Crippen molar-refractivity contribution in [2.45, 2.75) is 144 Å². The van der Waals surface area contributed by atoms with E-state index in [0.29, 0.717) is 18.3 Å². The van der Waals surface area contributed by atoms with Crippen molar-refractivity contribution in [3.63, 3.8) is 0 Å². The molecule has 35 heavy (non-hydrogen) atoms. The van der Waals surface area contributed by atoms with Gasteiger partial charge >= 0.3 is 0 Å². The monoisotopic (exact) mass is 490 g/mol. The van der Waals surface area contributed by atoms with Gasteiger partial charge in [-0.05, 0) is 122 Å². The fourth-order valence-electron chi connectivity index (χ4n) is 10.1. The SMILES string of the molecule is CC1(C)CCC2[C@H](O)C[C@@H]3[C@@]4(C)CC[C@H](O)C(C)(C)[C@@H]4CC[C@@]3(C)[C@]2(C)CC[C@@](C)(OC=O)CC1. The third kappa shape index (κ3) is 4.21. The molecule has 0 radical (unpaired) electrons. The minimum Gasteiger partial charge on any atom is -0.462 e. The summed E-state index contributed by atoms with van der Waals surface area (Å²) in [6.45, 7) is 19.5. The zero-order valence-electron chi connectivity index (χ0n) is 24.0. The molecule has 202 valence electrons. The van der Waals surface area contributed by atoms with Crippen LogP contribution in [0.3, 0.4) is 0 Å². The van der Waals surface area contributed by atoms with Gasteiger partial charge in [-0.3, -0.25) is 4.79 Å². The molecule has 0 heterocycles. The van der Waals surface area contributed by atoms with Crippen LogP contribution in [0.25, 0.3) is 0 Å². The topological polar surface area (TPSA) is 66.8 Å². The Morgan fingerprint density at radius 1 is 0.714 bits per heavy atom. The van der Waals surface area contributed by atoms with Crippen LogP contribution in [-0.2, 0) is 9.53 Å². The van der Waals surface area contributed by atoms with Crippen LogP contribution in [0.15, 0.2) is 0 Å². The second-order valence-electron chi connectivity index (χ2n) is 15.6. The standard InChI is InChI=1S/C31H54O4/c1-26(2)12-9-21-22(33)19-24-29(6)13-11-25(34)27(3,4)23(29)10-14-31(24,8)30(21,7)18-17-28(5,16-15-26)35-20-32/h20-25,33-34H,9-19H2,1-8H3/t21?,22-,23+,24-,25+,28+,29+,30-,31-/m1/s1. The zero-order chi connectivity index (χ0) is 26.1. The Kier molecular flexibility index (Phi) is 6.83. The number of carbonyl (C=O) groups excluding carboxylic acids is 1. The Morgan fingerprint density at radius 3 is 2.03 bits per heavy atom. The number of hydrogen-bond acceptors (Lipinski definition) is 4. The molecule has 2 N–H and O–H groups in total. The molecule has 0 aromatic carbocycles. The summed E-state index contributed by atoms with van der Waals surface area (Å²) in [6.07, 6.45) is 10.5. The van der Waals surface area contributed by atoms with E-state index in [1.807, 2.05) is 0 Å². The third-order valence-corrected chi connectivity index (χ3v) is 13.1. The summed E-state index contributed by atoms with van der Waals surface area (Å²) in [5.41, 5.74) is -0.154. The molecule has 4 rings (SSSR count). The van der Waals surface area contributed by atoms with Crippen LogP contribution in [0.1, 0.15) is 126 Å². The predicted molar refractivity (Wildman–Crippen MR) is 141 cm³/mol. The molecule has 0 aromatic heterocycles. The lowest BCUT2D eigenvalue weighted by atomic mass is 9.34. The Balaban J connectivity index is 1.77. The van der Waals surface area contributed by atoms with Gasteiger partial charge in [-0.15, -0.1) is 0 Å². The van der Waals surface area contributed by atoms with Gasteiger partial charge in [0.05, 0.1) is 12.2 Å². The quantitative estimate of drug-likeness (QED) is 0.413. The molecular formula is C31H54O4. The van der Waals surface area contributed by atoms with Crippen LogP contribution < -0.4 is 0 Å². The highest BCUT2D eigenvalue weighted by Gasteiger charge is 2.68. The fraction of sp³-hybridized carbons (Fsp3) is 0.968. The van der Waals surface area contributed by atoms with Crippen LogP contribution in [-0.4, -0.2) is 34.5 Å². The molecule has 4 saturated carbocycles. The predicted octanol–water partition coefficient (Wildman–Crippen LogP) is 6.91. The highest BCUT2D eigenvalue weighted by molar-refractivity contribution is 5.38. The number of ether oxygens (including phenoxy) is 1. The fourth-order valence-corrected chi connectivity index (χ4v) is 10.1. The van der Waals surface area contributed by atoms with Crippen molar-refractivity contribution < 1.29 is 19.7 Å². The Morgan fingerprint density at radius 2 is 1.37 bits per heavy atom. The average molecular weight is 491 g/mol. The number of aliphatic hydroxyl groups excluding tert-OH is 2. The highest BCUT2D eigenvalue weighted by Crippen LogP contribution is 2.73. The maximum Gasteiger partial charge on any atom is 0.293 e. The number of hydrogen-bond donors (Lipinski definition) is 2. The van der Waals surface area contributed by atoms with E-state index < -0.39 is 5.60 Å². The molecule has 1 unspecified atom stereocenters. The van der Waals surface area contributed by atoms with Gasteiger partial charge in [0.1, 0.15) is 5.60 Å². The minimum atomic E-state index is -0.448. The first-order valence-corrected chi connectivity index (χ1v) is 14.5. The molecular weight excluding hydrogens is 436 g/mol. The lowest BCUT2D eigenvalue weighted by Gasteiger charge is -2.71. The smallest absolute Gasteiger partial charge is 0.293 e. The highest BCUT2D eigenvalue weighted by atomic mass is 16.5. The largest absolute Gasteiger partial charge is 0.462 e. The van der Waals surface area contributed by atoms with Crippen LogP contribution in [0.5, 0.6) is 0 Å². The van der Waals surface area contributed by atoms with E-state index in [-0.39, 0.29) is 45.2 Å². The van der Waals surface area contributed by atoms with E-state index in [2.05, 4.69) is 55.4 Å². The van der Waals surface area contributed by atoms with Gasteiger partial charge in [0.15, 0.2) is 0 Å². The summed E-state index contributed by atoms with van der Waals surface area (Å²) in [7, 11) is 0. The molecule has 4 aliphatic carbocycles. The van der Waals surface area contributed by atoms with E-state index in [0.717, 1.165) is 70.6 Å². The first-order chi connectivity index (χ1) is 16.0. The number of carbonyl (C=O) groups is 1. The summed E-state index contributed by atoms with van der Waals surface area (Å²) in [5.74, 6) is 1.18. The molecule has 0 amide bonds. The second kappa shape index (κ2) is 8.72. The van der Waals surface area contributed by atoms with Crippen molar-refractivity contribution in [2.24, 2.45) is 44.8 Å². The third-order valence-electron chi connectivity index (χ3n) is 13.1. The summed E-state index contributed by atoms with van der Waals surface area (Å²) in [4.78, 5) is 11.5. The van der Waals surface area contributed by atoms with E-state index in [1.54, 1.807) is 0 Å². The molecule has 9 atom stereocenters. The summed E-state index contributed by atoms with van der Waals surface area (Å²) >= 11 is 0. The van der Waals surface area contributed by atoms with Crippen molar-refractivity contribution in [2.75, 3.05) is 0 Å². The van der Waals surface area contributed by atoms with Gasteiger partial charge in [0.25, 0.3) is 6.47 Å². The van der Waals surface area contributed by atoms with E-state index >= 15 is 0 Å². The Bertz CT molecular complexity index is 806. The van der Waals surface area contributed by atoms with Crippen molar-refractivity contribution in [3.8, 4) is 0 Å². The maximum atomic E-state index is 11.9. The number of fused-ring (bicyclic) bond motifs is 5. The van der Waals surface area contributed by atoms with Gasteiger partial charge in [0.2, 0.25) is 0 Å². The molecule has 0 spiro atoms. The van der Waals surface area contributed by atoms with Crippen LogP contribution in [0.2, 0.25) is 0 Å². The molecule has 0 bridgehead atoms. The van der Waals surface area contributed by atoms with E-state index in [9.17, 15) is 15.0 Å². The normalized spacial score (nSPS) is 51.8. The molecule has 0 aliphatic heterocycles. The van der Waals surface area contributed by atoms with Crippen molar-refractivity contribution in [1.82, 2.24) is 0 Å². The zero-order valence-corrected chi connectivity index (χ0v) is 24.0. The molecule has 4 heteroatoms. The minimum absolute atomic E-state index is 0.0234. The molecule has 4 fully saturated rings. The van der Waals surface area contributed by atoms with Crippen molar-refractivity contribution in [1.29, 1.82) is 0 Å². The molecule has 0 saturated heterocycles. The summed E-state index contributed by atoms with van der Waals surface area (Å²) in [5, 5.41) is 22.8. The number of rotatable bonds is 2.